The smallest absolute Gasteiger partial charge is 0.238 e. The van der Waals surface area contributed by atoms with Gasteiger partial charge < -0.3 is 16.0 Å². The van der Waals surface area contributed by atoms with Gasteiger partial charge in [-0.1, -0.05) is 44.2 Å². The summed E-state index contributed by atoms with van der Waals surface area (Å²) in [6.07, 6.45) is 0.887. The third-order valence-corrected chi connectivity index (χ3v) is 3.68. The maximum Gasteiger partial charge on any atom is 0.238 e. The van der Waals surface area contributed by atoms with Gasteiger partial charge in [0.05, 0.1) is 6.54 Å². The number of benzene rings is 2. The molecule has 2 aromatic rings. The zero-order valence-corrected chi connectivity index (χ0v) is 14.7. The molecule has 2 aromatic carbocycles. The van der Waals surface area contributed by atoms with Crippen LogP contribution in [-0.2, 0) is 16.0 Å². The lowest BCUT2D eigenvalue weighted by atomic mass is 10.1. The van der Waals surface area contributed by atoms with E-state index in [0.29, 0.717) is 5.69 Å². The molecule has 2 rings (SSSR count). The van der Waals surface area contributed by atoms with Gasteiger partial charge in [0, 0.05) is 17.3 Å². The number of hydrogen-bond donors (Lipinski definition) is 3. The second kappa shape index (κ2) is 9.59. The van der Waals surface area contributed by atoms with E-state index in [1.807, 2.05) is 32.0 Å². The van der Waals surface area contributed by atoms with Crippen LogP contribution >= 0.6 is 0 Å². The molecule has 0 atom stereocenters. The Hall–Kier alpha value is -2.66. The van der Waals surface area contributed by atoms with Gasteiger partial charge in [-0.25, -0.2) is 0 Å². The summed E-state index contributed by atoms with van der Waals surface area (Å²) in [5, 5.41) is 8.78. The van der Waals surface area contributed by atoms with Crippen LogP contribution in [0.2, 0.25) is 0 Å². The fourth-order valence-electron chi connectivity index (χ4n) is 2.21. The van der Waals surface area contributed by atoms with Crippen LogP contribution in [0.25, 0.3) is 0 Å². The topological polar surface area (TPSA) is 70.2 Å². The van der Waals surface area contributed by atoms with E-state index in [0.717, 1.165) is 18.7 Å². The molecule has 2 amide bonds. The molecule has 0 unspecified atom stereocenters. The van der Waals surface area contributed by atoms with Crippen LogP contribution < -0.4 is 16.0 Å². The zero-order valence-electron chi connectivity index (χ0n) is 14.7. The molecule has 5 nitrogen and oxygen atoms in total. The fraction of sp³-hybridized carbons (Fsp3) is 0.300. The molecule has 0 aliphatic rings. The number of hydrogen-bond acceptors (Lipinski definition) is 3. The van der Waals surface area contributed by atoms with Gasteiger partial charge in [-0.05, 0) is 42.8 Å². The van der Waals surface area contributed by atoms with Gasteiger partial charge >= 0.3 is 0 Å². The van der Waals surface area contributed by atoms with E-state index in [2.05, 4.69) is 28.1 Å². The molecule has 0 saturated heterocycles. The third-order valence-electron chi connectivity index (χ3n) is 3.68. The van der Waals surface area contributed by atoms with Crippen molar-refractivity contribution in [1.82, 2.24) is 5.32 Å². The fourth-order valence-corrected chi connectivity index (χ4v) is 2.21. The Morgan fingerprint density at radius 3 is 2.08 bits per heavy atom. The molecule has 0 saturated carbocycles. The normalized spacial score (nSPS) is 10.5. The van der Waals surface area contributed by atoms with E-state index >= 15 is 0 Å². The molecule has 132 valence electrons. The minimum atomic E-state index is -0.0907. The Bertz CT molecular complexity index is 682. The zero-order chi connectivity index (χ0) is 18.1. The number of anilines is 2. The van der Waals surface area contributed by atoms with Crippen LogP contribution in [0.15, 0.2) is 54.6 Å². The Morgan fingerprint density at radius 2 is 1.48 bits per heavy atom. The number of amides is 2. The molecular weight excluding hydrogens is 314 g/mol. The van der Waals surface area contributed by atoms with Crippen LogP contribution in [0.5, 0.6) is 0 Å². The first kappa shape index (κ1) is 18.7. The van der Waals surface area contributed by atoms with E-state index < -0.39 is 0 Å². The van der Waals surface area contributed by atoms with Crippen molar-refractivity contribution in [2.45, 2.75) is 20.3 Å². The predicted octanol–water partition coefficient (Wildman–Crippen LogP) is 3.05. The predicted molar refractivity (Wildman–Crippen MR) is 102 cm³/mol. The van der Waals surface area contributed by atoms with Gasteiger partial charge in [0.2, 0.25) is 11.8 Å². The highest BCUT2D eigenvalue weighted by atomic mass is 16.2. The van der Waals surface area contributed by atoms with Gasteiger partial charge in [-0.2, -0.15) is 0 Å². The van der Waals surface area contributed by atoms with Crippen LogP contribution in [0.3, 0.4) is 0 Å². The third kappa shape index (κ3) is 6.77. The van der Waals surface area contributed by atoms with Crippen LogP contribution in [0.1, 0.15) is 19.4 Å². The summed E-state index contributed by atoms with van der Waals surface area (Å²) in [7, 11) is 0. The lowest BCUT2D eigenvalue weighted by Crippen LogP contribution is -2.29. The summed E-state index contributed by atoms with van der Waals surface area (Å²) in [5.41, 5.74) is 2.67. The van der Waals surface area contributed by atoms with Crippen molar-refractivity contribution < 1.29 is 9.59 Å². The van der Waals surface area contributed by atoms with Crippen LogP contribution in [0, 0.1) is 5.92 Å². The second-order valence-corrected chi connectivity index (χ2v) is 6.18. The lowest BCUT2D eigenvalue weighted by molar-refractivity contribution is -0.119. The molecule has 0 radical (unpaired) electrons. The minimum Gasteiger partial charge on any atom is -0.326 e. The molecule has 0 spiro atoms. The molecule has 0 fully saturated rings. The molecule has 0 aliphatic heterocycles. The van der Waals surface area contributed by atoms with E-state index in [-0.39, 0.29) is 24.3 Å². The Kier molecular flexibility index (Phi) is 7.16. The highest BCUT2D eigenvalue weighted by molar-refractivity contribution is 5.94. The van der Waals surface area contributed by atoms with Crippen molar-refractivity contribution in [2.24, 2.45) is 5.92 Å². The van der Waals surface area contributed by atoms with Gasteiger partial charge in [-0.15, -0.1) is 0 Å². The standard InChI is InChI=1S/C20H25N3O2/c1-15(2)20(25)23-18-10-8-17(9-11-18)22-19(24)14-21-13-12-16-6-4-3-5-7-16/h3-11,15,21H,12-14H2,1-2H3,(H,22,24)(H,23,25). The minimum absolute atomic E-state index is 0.0283. The maximum absolute atomic E-state index is 11.9. The number of nitrogens with one attached hydrogen (secondary N) is 3. The summed E-state index contributed by atoms with van der Waals surface area (Å²) in [5.74, 6) is -0.187. The summed E-state index contributed by atoms with van der Waals surface area (Å²) in [6, 6.07) is 17.3. The Labute approximate surface area is 148 Å². The highest BCUT2D eigenvalue weighted by Crippen LogP contribution is 2.14. The molecule has 0 aromatic heterocycles. The van der Waals surface area contributed by atoms with Gasteiger partial charge in [-0.3, -0.25) is 9.59 Å². The van der Waals surface area contributed by atoms with Crippen LogP contribution in [-0.4, -0.2) is 24.9 Å². The Balaban J connectivity index is 1.70. The molecule has 5 heteroatoms. The van der Waals surface area contributed by atoms with Crippen molar-refractivity contribution in [2.75, 3.05) is 23.7 Å². The molecular formula is C20H25N3O2. The molecule has 0 bridgehead atoms. The summed E-state index contributed by atoms with van der Waals surface area (Å²) in [4.78, 5) is 23.6. The molecule has 25 heavy (non-hydrogen) atoms. The first-order valence-electron chi connectivity index (χ1n) is 8.50. The lowest BCUT2D eigenvalue weighted by Gasteiger charge is -2.10. The van der Waals surface area contributed by atoms with Crippen molar-refractivity contribution in [3.05, 3.63) is 60.2 Å². The van der Waals surface area contributed by atoms with Crippen molar-refractivity contribution >= 4 is 23.2 Å². The summed E-state index contributed by atoms with van der Waals surface area (Å²) in [6.45, 7) is 4.69. The highest BCUT2D eigenvalue weighted by Gasteiger charge is 2.07. The summed E-state index contributed by atoms with van der Waals surface area (Å²) < 4.78 is 0. The van der Waals surface area contributed by atoms with E-state index in [4.69, 9.17) is 0 Å². The maximum atomic E-state index is 11.9. The van der Waals surface area contributed by atoms with E-state index in [1.54, 1.807) is 24.3 Å². The van der Waals surface area contributed by atoms with E-state index in [9.17, 15) is 9.59 Å². The number of carbonyl (C=O) groups is 2. The average molecular weight is 339 g/mol. The van der Waals surface area contributed by atoms with E-state index in [1.165, 1.54) is 5.56 Å². The summed E-state index contributed by atoms with van der Waals surface area (Å²) >= 11 is 0. The monoisotopic (exact) mass is 339 g/mol. The molecule has 3 N–H and O–H groups in total. The molecule has 0 heterocycles. The average Bonchev–Trinajstić information content (AvgIpc) is 2.61. The van der Waals surface area contributed by atoms with Gasteiger partial charge in [0.15, 0.2) is 0 Å². The van der Waals surface area contributed by atoms with Crippen molar-refractivity contribution in [1.29, 1.82) is 0 Å². The van der Waals surface area contributed by atoms with Crippen LogP contribution in [0.4, 0.5) is 11.4 Å². The quantitative estimate of drug-likeness (QED) is 0.647. The van der Waals surface area contributed by atoms with Crippen molar-refractivity contribution in [3.63, 3.8) is 0 Å². The second-order valence-electron chi connectivity index (χ2n) is 6.18. The largest absolute Gasteiger partial charge is 0.326 e. The Morgan fingerprint density at radius 1 is 0.880 bits per heavy atom. The number of rotatable bonds is 8. The first-order chi connectivity index (χ1) is 12.0. The van der Waals surface area contributed by atoms with Gasteiger partial charge in [0.1, 0.15) is 0 Å². The van der Waals surface area contributed by atoms with Gasteiger partial charge in [0.25, 0.3) is 0 Å². The first-order valence-corrected chi connectivity index (χ1v) is 8.50. The van der Waals surface area contributed by atoms with Crippen molar-refractivity contribution in [3.8, 4) is 0 Å². The number of carbonyl (C=O) groups excluding carboxylic acids is 2. The SMILES string of the molecule is CC(C)C(=O)Nc1ccc(NC(=O)CNCCc2ccccc2)cc1. The molecule has 0 aliphatic carbocycles.